The molecular weight excluding hydrogens is 397 g/mol. The maximum Gasteiger partial charge on any atom is 0.0521 e. The van der Waals surface area contributed by atoms with Crippen molar-refractivity contribution in [1.82, 2.24) is 15.1 Å². The summed E-state index contributed by atoms with van der Waals surface area (Å²) in [7, 11) is 1.95. The van der Waals surface area contributed by atoms with Crippen molar-refractivity contribution >= 4 is 34.2 Å². The van der Waals surface area contributed by atoms with Gasteiger partial charge in [-0.2, -0.15) is 5.10 Å². The molecule has 1 heterocycles. The minimum atomic E-state index is 0.329. The monoisotopic (exact) mass is 417 g/mol. The Morgan fingerprint density at radius 1 is 1.43 bits per heavy atom. The zero-order chi connectivity index (χ0) is 15.2. The van der Waals surface area contributed by atoms with E-state index in [1.54, 1.807) is 0 Å². The lowest BCUT2D eigenvalue weighted by atomic mass is 10.00. The molecule has 5 heteroatoms. The van der Waals surface area contributed by atoms with Gasteiger partial charge in [0.05, 0.1) is 6.20 Å². The van der Waals surface area contributed by atoms with E-state index in [0.717, 1.165) is 30.8 Å². The Kier molecular flexibility index (Phi) is 6.51. The minimum absolute atomic E-state index is 0.329. The number of nitrogens with one attached hydrogen (secondary N) is 1. The molecule has 1 atom stereocenters. The Balaban J connectivity index is 2.11. The van der Waals surface area contributed by atoms with Crippen molar-refractivity contribution in [3.8, 4) is 0 Å². The average Bonchev–Trinajstić information content (AvgIpc) is 2.88. The standard InChI is InChI=1S/C16H21ClIN3/c1-3-8-19-16(7-4-12-10-20-21(2)11-12)14-9-13(17)5-6-15(14)18/h5-6,9-11,16,19H,3-4,7-8H2,1-2H3. The zero-order valence-electron chi connectivity index (χ0n) is 12.4. The van der Waals surface area contributed by atoms with Gasteiger partial charge in [0.15, 0.2) is 0 Å². The number of benzene rings is 1. The minimum Gasteiger partial charge on any atom is -0.310 e. The molecule has 2 rings (SSSR count). The first kappa shape index (κ1) is 16.8. The molecule has 1 aromatic carbocycles. The van der Waals surface area contributed by atoms with Gasteiger partial charge in [-0.3, -0.25) is 4.68 Å². The summed E-state index contributed by atoms with van der Waals surface area (Å²) in [6, 6.07) is 6.45. The van der Waals surface area contributed by atoms with Gasteiger partial charge in [-0.05, 0) is 77.7 Å². The van der Waals surface area contributed by atoms with Crippen LogP contribution in [0.2, 0.25) is 5.02 Å². The van der Waals surface area contributed by atoms with Crippen LogP contribution in [0.1, 0.15) is 36.9 Å². The van der Waals surface area contributed by atoms with E-state index < -0.39 is 0 Å². The van der Waals surface area contributed by atoms with Crippen molar-refractivity contribution in [2.75, 3.05) is 6.54 Å². The average molecular weight is 418 g/mol. The van der Waals surface area contributed by atoms with Crippen LogP contribution in [0.15, 0.2) is 30.6 Å². The lowest BCUT2D eigenvalue weighted by Gasteiger charge is -2.20. The number of hydrogen-bond donors (Lipinski definition) is 1. The summed E-state index contributed by atoms with van der Waals surface area (Å²) in [6.45, 7) is 3.20. The second kappa shape index (κ2) is 8.15. The van der Waals surface area contributed by atoms with E-state index in [1.807, 2.05) is 24.0 Å². The molecule has 0 aliphatic heterocycles. The molecule has 0 radical (unpaired) electrons. The maximum absolute atomic E-state index is 6.17. The predicted octanol–water partition coefficient (Wildman–Crippen LogP) is 4.35. The van der Waals surface area contributed by atoms with Crippen LogP contribution in [0.3, 0.4) is 0 Å². The van der Waals surface area contributed by atoms with Crippen LogP contribution in [0.5, 0.6) is 0 Å². The Labute approximate surface area is 145 Å². The van der Waals surface area contributed by atoms with Gasteiger partial charge in [0, 0.05) is 27.9 Å². The van der Waals surface area contributed by atoms with Gasteiger partial charge in [0.2, 0.25) is 0 Å². The number of halogens is 2. The molecule has 0 fully saturated rings. The smallest absolute Gasteiger partial charge is 0.0521 e. The third kappa shape index (κ3) is 4.97. The highest BCUT2D eigenvalue weighted by molar-refractivity contribution is 14.1. The highest BCUT2D eigenvalue weighted by Crippen LogP contribution is 2.27. The SMILES string of the molecule is CCCNC(CCc1cnn(C)c1)c1cc(Cl)ccc1I. The van der Waals surface area contributed by atoms with E-state index in [9.17, 15) is 0 Å². The highest BCUT2D eigenvalue weighted by Gasteiger charge is 2.15. The van der Waals surface area contributed by atoms with Crippen LogP contribution in [0.4, 0.5) is 0 Å². The number of rotatable bonds is 7. The molecule has 1 unspecified atom stereocenters. The molecule has 1 aromatic heterocycles. The van der Waals surface area contributed by atoms with E-state index in [2.05, 4.69) is 58.3 Å². The molecule has 0 aliphatic rings. The third-order valence-electron chi connectivity index (χ3n) is 3.45. The molecular formula is C16H21ClIN3. The first-order valence-corrected chi connectivity index (χ1v) is 8.71. The fourth-order valence-corrected chi connectivity index (χ4v) is 3.27. The molecule has 0 spiro atoms. The van der Waals surface area contributed by atoms with E-state index in [0.29, 0.717) is 6.04 Å². The van der Waals surface area contributed by atoms with Gasteiger partial charge in [0.25, 0.3) is 0 Å². The molecule has 114 valence electrons. The van der Waals surface area contributed by atoms with Crippen molar-refractivity contribution in [2.24, 2.45) is 7.05 Å². The molecule has 0 saturated carbocycles. The van der Waals surface area contributed by atoms with Crippen LogP contribution in [-0.2, 0) is 13.5 Å². The summed E-state index contributed by atoms with van der Waals surface area (Å²) in [5.41, 5.74) is 2.57. The summed E-state index contributed by atoms with van der Waals surface area (Å²) in [5.74, 6) is 0. The Morgan fingerprint density at radius 2 is 2.24 bits per heavy atom. The van der Waals surface area contributed by atoms with Crippen LogP contribution < -0.4 is 5.32 Å². The molecule has 3 nitrogen and oxygen atoms in total. The highest BCUT2D eigenvalue weighted by atomic mass is 127. The molecule has 21 heavy (non-hydrogen) atoms. The van der Waals surface area contributed by atoms with Crippen molar-refractivity contribution in [2.45, 2.75) is 32.2 Å². The summed E-state index contributed by atoms with van der Waals surface area (Å²) in [5, 5.41) is 8.68. The van der Waals surface area contributed by atoms with Crippen molar-refractivity contribution in [3.63, 3.8) is 0 Å². The first-order chi connectivity index (χ1) is 10.1. The second-order valence-corrected chi connectivity index (χ2v) is 6.83. The fourth-order valence-electron chi connectivity index (χ4n) is 2.38. The number of aromatic nitrogens is 2. The summed E-state index contributed by atoms with van der Waals surface area (Å²) in [6.07, 6.45) is 7.21. The summed E-state index contributed by atoms with van der Waals surface area (Å²) < 4.78 is 3.12. The molecule has 2 aromatic rings. The Bertz CT molecular complexity index is 583. The van der Waals surface area contributed by atoms with E-state index in [-0.39, 0.29) is 0 Å². The van der Waals surface area contributed by atoms with Crippen LogP contribution >= 0.6 is 34.2 Å². The predicted molar refractivity (Wildman–Crippen MR) is 96.7 cm³/mol. The van der Waals surface area contributed by atoms with Crippen molar-refractivity contribution in [1.29, 1.82) is 0 Å². The normalized spacial score (nSPS) is 12.6. The lowest BCUT2D eigenvalue weighted by molar-refractivity contribution is 0.497. The summed E-state index contributed by atoms with van der Waals surface area (Å²) >= 11 is 8.56. The molecule has 0 aliphatic carbocycles. The van der Waals surface area contributed by atoms with Crippen molar-refractivity contribution in [3.05, 3.63) is 50.3 Å². The van der Waals surface area contributed by atoms with Gasteiger partial charge in [-0.25, -0.2) is 0 Å². The van der Waals surface area contributed by atoms with Crippen molar-refractivity contribution < 1.29 is 0 Å². The third-order valence-corrected chi connectivity index (χ3v) is 4.67. The van der Waals surface area contributed by atoms with Gasteiger partial charge in [-0.1, -0.05) is 18.5 Å². The Morgan fingerprint density at radius 3 is 2.90 bits per heavy atom. The molecule has 0 amide bonds. The number of nitrogens with zero attached hydrogens (tertiary/aromatic N) is 2. The molecule has 0 bridgehead atoms. The van der Waals surface area contributed by atoms with Gasteiger partial charge >= 0.3 is 0 Å². The molecule has 0 saturated heterocycles. The van der Waals surface area contributed by atoms with Crippen LogP contribution in [0.25, 0.3) is 0 Å². The fraction of sp³-hybridized carbons (Fsp3) is 0.438. The van der Waals surface area contributed by atoms with Gasteiger partial charge in [0.1, 0.15) is 0 Å². The second-order valence-electron chi connectivity index (χ2n) is 5.23. The lowest BCUT2D eigenvalue weighted by Crippen LogP contribution is -2.23. The number of hydrogen-bond acceptors (Lipinski definition) is 2. The van der Waals surface area contributed by atoms with E-state index >= 15 is 0 Å². The maximum atomic E-state index is 6.17. The topological polar surface area (TPSA) is 29.9 Å². The van der Waals surface area contributed by atoms with Crippen LogP contribution in [0, 0.1) is 3.57 Å². The quantitative estimate of drug-likeness (QED) is 0.679. The Hall–Kier alpha value is -0.590. The van der Waals surface area contributed by atoms with Gasteiger partial charge < -0.3 is 5.32 Å². The number of aryl methyl sites for hydroxylation is 2. The first-order valence-electron chi connectivity index (χ1n) is 7.26. The van der Waals surface area contributed by atoms with E-state index in [4.69, 9.17) is 11.6 Å². The van der Waals surface area contributed by atoms with E-state index in [1.165, 1.54) is 14.7 Å². The summed E-state index contributed by atoms with van der Waals surface area (Å²) in [4.78, 5) is 0. The van der Waals surface area contributed by atoms with Gasteiger partial charge in [-0.15, -0.1) is 0 Å². The largest absolute Gasteiger partial charge is 0.310 e. The molecule has 1 N–H and O–H groups in total. The zero-order valence-corrected chi connectivity index (χ0v) is 15.4. The van der Waals surface area contributed by atoms with Crippen LogP contribution in [-0.4, -0.2) is 16.3 Å².